The van der Waals surface area contributed by atoms with E-state index in [1.165, 1.54) is 0 Å². The number of hydrogen-bond acceptors (Lipinski definition) is 4. The molecule has 0 aromatic heterocycles. The third-order valence-corrected chi connectivity index (χ3v) is 7.03. The monoisotopic (exact) mass is 464 g/mol. The van der Waals surface area contributed by atoms with E-state index in [-0.39, 0.29) is 36.7 Å². The van der Waals surface area contributed by atoms with Crippen LogP contribution in [0, 0.1) is 11.8 Å². The Labute approximate surface area is 200 Å². The molecule has 2 aromatic rings. The number of hydrogen-bond donors (Lipinski definition) is 2. The molecule has 2 N–H and O–H groups in total. The predicted octanol–water partition coefficient (Wildman–Crippen LogP) is 4.26. The molecule has 2 aliphatic rings. The number of ether oxygens (including phenoxy) is 1. The highest BCUT2D eigenvalue weighted by atomic mass is 16.5. The molecule has 0 spiro atoms. The summed E-state index contributed by atoms with van der Waals surface area (Å²) >= 11 is 0. The molecule has 1 heterocycles. The Hall–Kier alpha value is -3.35. The Kier molecular flexibility index (Phi) is 7.20. The maximum absolute atomic E-state index is 13.1. The number of rotatable bonds is 8. The number of alkyl carbamates (subject to hydrolysis) is 1. The number of amides is 2. The molecule has 34 heavy (non-hydrogen) atoms. The van der Waals surface area contributed by atoms with Crippen molar-refractivity contribution in [3.63, 3.8) is 0 Å². The van der Waals surface area contributed by atoms with Gasteiger partial charge in [-0.15, -0.1) is 0 Å². The van der Waals surface area contributed by atoms with Crippen molar-refractivity contribution in [1.29, 1.82) is 0 Å². The van der Waals surface area contributed by atoms with Crippen LogP contribution in [0.25, 0.3) is 11.1 Å². The van der Waals surface area contributed by atoms with Gasteiger partial charge in [-0.25, -0.2) is 4.79 Å². The highest BCUT2D eigenvalue weighted by Gasteiger charge is 2.37. The van der Waals surface area contributed by atoms with Gasteiger partial charge >= 0.3 is 12.1 Å². The number of fused-ring (bicyclic) bond motifs is 3. The van der Waals surface area contributed by atoms with E-state index in [0.717, 1.165) is 28.7 Å². The summed E-state index contributed by atoms with van der Waals surface area (Å²) in [5.74, 6) is -1.03. The first kappa shape index (κ1) is 23.8. The normalized spacial score (nSPS) is 19.9. The summed E-state index contributed by atoms with van der Waals surface area (Å²) in [5.41, 5.74) is 4.58. The molecule has 7 heteroatoms. The number of carbonyl (C=O) groups excluding carboxylic acids is 2. The molecule has 1 saturated heterocycles. The summed E-state index contributed by atoms with van der Waals surface area (Å²) in [6.07, 6.45) is 0.658. The standard InChI is InChI=1S/C27H32N2O5/c1-3-8-24(26(32)29-14-17(2)18(15-29)13-25(30)31)28-27(33)34-16-23-21-11-6-4-9-19(21)20-10-5-7-12-22(20)23/h4-7,9-12,17-18,23-24H,3,8,13-16H2,1-2H3,(H,28,33)(H,30,31)/t17-,18-,24?/m1/s1. The summed E-state index contributed by atoms with van der Waals surface area (Å²) < 4.78 is 5.63. The number of nitrogens with one attached hydrogen (secondary N) is 1. The van der Waals surface area contributed by atoms with Gasteiger partial charge in [0.15, 0.2) is 0 Å². The second-order valence-corrected chi connectivity index (χ2v) is 9.39. The summed E-state index contributed by atoms with van der Waals surface area (Å²) in [4.78, 5) is 38.7. The number of nitrogens with zero attached hydrogens (tertiary/aromatic N) is 1. The van der Waals surface area contributed by atoms with Crippen molar-refractivity contribution in [2.45, 2.75) is 45.1 Å². The maximum Gasteiger partial charge on any atom is 0.407 e. The smallest absolute Gasteiger partial charge is 0.407 e. The van der Waals surface area contributed by atoms with Gasteiger partial charge in [0, 0.05) is 19.0 Å². The Bertz CT molecular complexity index is 1020. The lowest BCUT2D eigenvalue weighted by molar-refractivity contribution is -0.138. The van der Waals surface area contributed by atoms with Crippen molar-refractivity contribution in [2.75, 3.05) is 19.7 Å². The van der Waals surface area contributed by atoms with Crippen LogP contribution in [0.1, 0.15) is 50.2 Å². The van der Waals surface area contributed by atoms with E-state index in [1.807, 2.05) is 38.1 Å². The minimum atomic E-state index is -0.854. The van der Waals surface area contributed by atoms with Crippen LogP contribution in [0.2, 0.25) is 0 Å². The Balaban J connectivity index is 1.38. The maximum atomic E-state index is 13.1. The van der Waals surface area contributed by atoms with Gasteiger partial charge in [-0.1, -0.05) is 68.8 Å². The number of carboxylic acids is 1. The summed E-state index contributed by atoms with van der Waals surface area (Å²) in [6.45, 7) is 5.02. The third-order valence-electron chi connectivity index (χ3n) is 7.03. The first-order valence-electron chi connectivity index (χ1n) is 12.0. The van der Waals surface area contributed by atoms with E-state index < -0.39 is 18.1 Å². The molecule has 180 valence electrons. The number of likely N-dealkylation sites (tertiary alicyclic amines) is 1. The van der Waals surface area contributed by atoms with Crippen LogP contribution in [0.5, 0.6) is 0 Å². The SMILES string of the molecule is CCCC(NC(=O)OCC1c2ccccc2-c2ccccc21)C(=O)N1C[C@@H](CC(=O)O)[C@H](C)C1. The summed E-state index contributed by atoms with van der Waals surface area (Å²) in [7, 11) is 0. The fourth-order valence-electron chi connectivity index (χ4n) is 5.25. The molecule has 7 nitrogen and oxygen atoms in total. The molecule has 1 aliphatic carbocycles. The van der Waals surface area contributed by atoms with Crippen LogP contribution < -0.4 is 5.32 Å². The lowest BCUT2D eigenvalue weighted by atomic mass is 9.95. The summed E-state index contributed by atoms with van der Waals surface area (Å²) in [6, 6.07) is 15.6. The van der Waals surface area contributed by atoms with E-state index in [2.05, 4.69) is 29.6 Å². The molecule has 0 radical (unpaired) electrons. The van der Waals surface area contributed by atoms with Crippen LogP contribution in [0.3, 0.4) is 0 Å². The second kappa shape index (κ2) is 10.3. The van der Waals surface area contributed by atoms with Crippen LogP contribution in [-0.4, -0.2) is 53.7 Å². The zero-order valence-electron chi connectivity index (χ0n) is 19.7. The molecule has 0 bridgehead atoms. The van der Waals surface area contributed by atoms with Crippen molar-refractivity contribution in [1.82, 2.24) is 10.2 Å². The van der Waals surface area contributed by atoms with Crippen molar-refractivity contribution < 1.29 is 24.2 Å². The van der Waals surface area contributed by atoms with Crippen LogP contribution in [0.4, 0.5) is 4.79 Å². The first-order valence-corrected chi connectivity index (χ1v) is 12.0. The molecule has 1 fully saturated rings. The number of carboxylic acid groups (broad SMARTS) is 1. The molecule has 1 aliphatic heterocycles. The Morgan fingerprint density at radius 2 is 1.68 bits per heavy atom. The van der Waals surface area contributed by atoms with Gasteiger partial charge < -0.3 is 20.1 Å². The van der Waals surface area contributed by atoms with Gasteiger partial charge in [-0.3, -0.25) is 9.59 Å². The topological polar surface area (TPSA) is 95.9 Å². The number of carbonyl (C=O) groups is 3. The number of benzene rings is 2. The zero-order valence-corrected chi connectivity index (χ0v) is 19.7. The second-order valence-electron chi connectivity index (χ2n) is 9.39. The quantitative estimate of drug-likeness (QED) is 0.609. The Morgan fingerprint density at radius 3 is 2.26 bits per heavy atom. The molecule has 2 aromatic carbocycles. The van der Waals surface area contributed by atoms with Gasteiger partial charge in [0.2, 0.25) is 5.91 Å². The molecule has 4 rings (SSSR count). The van der Waals surface area contributed by atoms with E-state index in [9.17, 15) is 14.4 Å². The predicted molar refractivity (Wildman–Crippen MR) is 128 cm³/mol. The lowest BCUT2D eigenvalue weighted by Crippen LogP contribution is -2.48. The fourth-order valence-corrected chi connectivity index (χ4v) is 5.25. The molecular formula is C27H32N2O5. The van der Waals surface area contributed by atoms with Gasteiger partial charge in [0.1, 0.15) is 12.6 Å². The van der Waals surface area contributed by atoms with Gasteiger partial charge in [0.25, 0.3) is 0 Å². The molecule has 0 saturated carbocycles. The fraction of sp³-hybridized carbons (Fsp3) is 0.444. The van der Waals surface area contributed by atoms with E-state index >= 15 is 0 Å². The third kappa shape index (κ3) is 4.93. The molecule has 1 unspecified atom stereocenters. The highest BCUT2D eigenvalue weighted by molar-refractivity contribution is 5.86. The van der Waals surface area contributed by atoms with Crippen molar-refractivity contribution >= 4 is 18.0 Å². The highest BCUT2D eigenvalue weighted by Crippen LogP contribution is 2.44. The molecule has 3 atom stereocenters. The van der Waals surface area contributed by atoms with Crippen molar-refractivity contribution in [2.24, 2.45) is 11.8 Å². The summed E-state index contributed by atoms with van der Waals surface area (Å²) in [5, 5.41) is 11.9. The van der Waals surface area contributed by atoms with Crippen molar-refractivity contribution in [3.05, 3.63) is 59.7 Å². The van der Waals surface area contributed by atoms with Gasteiger partial charge in [0.05, 0.1) is 6.42 Å². The van der Waals surface area contributed by atoms with Gasteiger partial charge in [-0.2, -0.15) is 0 Å². The van der Waals surface area contributed by atoms with Crippen LogP contribution in [0.15, 0.2) is 48.5 Å². The van der Waals surface area contributed by atoms with E-state index in [1.54, 1.807) is 4.90 Å². The average Bonchev–Trinajstić information content (AvgIpc) is 3.34. The molecular weight excluding hydrogens is 432 g/mol. The molecule has 2 amide bonds. The number of aliphatic carboxylic acids is 1. The Morgan fingerprint density at radius 1 is 1.06 bits per heavy atom. The van der Waals surface area contributed by atoms with Crippen molar-refractivity contribution in [3.8, 4) is 11.1 Å². The van der Waals surface area contributed by atoms with Crippen LogP contribution in [-0.2, 0) is 14.3 Å². The largest absolute Gasteiger partial charge is 0.481 e. The van der Waals surface area contributed by atoms with Crippen LogP contribution >= 0.6 is 0 Å². The minimum absolute atomic E-state index is 0.0448. The van der Waals surface area contributed by atoms with E-state index in [0.29, 0.717) is 19.5 Å². The zero-order chi connectivity index (χ0) is 24.2. The minimum Gasteiger partial charge on any atom is -0.481 e. The first-order chi connectivity index (χ1) is 16.4. The average molecular weight is 465 g/mol. The van der Waals surface area contributed by atoms with E-state index in [4.69, 9.17) is 9.84 Å². The lowest BCUT2D eigenvalue weighted by Gasteiger charge is -2.24. The van der Waals surface area contributed by atoms with Gasteiger partial charge in [-0.05, 0) is 40.5 Å².